The first-order valence-electron chi connectivity index (χ1n) is 15.2. The summed E-state index contributed by atoms with van der Waals surface area (Å²) in [5.74, 6) is -0.340. The molecule has 1 unspecified atom stereocenters. The van der Waals surface area contributed by atoms with Crippen LogP contribution >= 0.6 is 0 Å². The molecule has 0 aromatic carbocycles. The number of unbranched alkanes of at least 4 members (excludes halogenated alkanes) is 14. The minimum atomic E-state index is -0.780. The van der Waals surface area contributed by atoms with Gasteiger partial charge in [-0.3, -0.25) is 14.4 Å². The van der Waals surface area contributed by atoms with Crippen molar-refractivity contribution in [3.63, 3.8) is 0 Å². The molecule has 212 valence electrons. The third-order valence-corrected chi connectivity index (χ3v) is 7.02. The predicted molar refractivity (Wildman–Crippen MR) is 152 cm³/mol. The van der Waals surface area contributed by atoms with Crippen molar-refractivity contribution >= 4 is 17.7 Å². The fourth-order valence-corrected chi connectivity index (χ4v) is 4.45. The molecule has 0 fully saturated rings. The van der Waals surface area contributed by atoms with Crippen molar-refractivity contribution in [3.05, 3.63) is 0 Å². The molecule has 0 bridgehead atoms. The summed E-state index contributed by atoms with van der Waals surface area (Å²) in [5, 5.41) is 2.91. The summed E-state index contributed by atoms with van der Waals surface area (Å²) < 4.78 is 0. The van der Waals surface area contributed by atoms with Crippen molar-refractivity contribution in [2.24, 2.45) is 0 Å². The van der Waals surface area contributed by atoms with E-state index in [1.54, 1.807) is 16.8 Å². The Bertz CT molecular complexity index is 568. The van der Waals surface area contributed by atoms with Crippen LogP contribution in [-0.4, -0.2) is 60.7 Å². The van der Waals surface area contributed by atoms with Gasteiger partial charge in [-0.1, -0.05) is 111 Å². The first kappa shape index (κ1) is 34.4. The maximum absolute atomic E-state index is 13.2. The van der Waals surface area contributed by atoms with Crippen LogP contribution in [0.15, 0.2) is 0 Å². The Morgan fingerprint density at radius 3 is 1.50 bits per heavy atom. The van der Waals surface area contributed by atoms with E-state index in [0.29, 0.717) is 19.5 Å². The summed E-state index contributed by atoms with van der Waals surface area (Å²) in [6.07, 6.45) is 19.8. The molecule has 36 heavy (non-hydrogen) atoms. The number of hydrogen-bond acceptors (Lipinski definition) is 3. The lowest BCUT2D eigenvalue weighted by Crippen LogP contribution is -2.50. The highest BCUT2D eigenvalue weighted by molar-refractivity contribution is 5.91. The average Bonchev–Trinajstić information content (AvgIpc) is 2.86. The Kier molecular flexibility index (Phi) is 22.7. The molecule has 1 N–H and O–H groups in total. The quantitative estimate of drug-likeness (QED) is 0.145. The van der Waals surface area contributed by atoms with E-state index < -0.39 is 6.04 Å². The SMILES string of the molecule is CCCCCCCCCC(=O)NC(CC(=O)N(C)CCCCCCC)C(=O)N(C)CCCCCCC. The van der Waals surface area contributed by atoms with Crippen LogP contribution in [0.25, 0.3) is 0 Å². The molecule has 0 aliphatic rings. The van der Waals surface area contributed by atoms with Crippen LogP contribution in [0.5, 0.6) is 0 Å². The maximum Gasteiger partial charge on any atom is 0.245 e. The summed E-state index contributed by atoms with van der Waals surface area (Å²) in [5.41, 5.74) is 0. The molecule has 0 heterocycles. The Morgan fingerprint density at radius 2 is 1.00 bits per heavy atom. The van der Waals surface area contributed by atoms with E-state index in [2.05, 4.69) is 26.1 Å². The molecule has 3 amide bonds. The van der Waals surface area contributed by atoms with Gasteiger partial charge < -0.3 is 15.1 Å². The maximum atomic E-state index is 13.2. The number of hydrogen-bond donors (Lipinski definition) is 1. The lowest BCUT2D eigenvalue weighted by Gasteiger charge is -2.26. The summed E-state index contributed by atoms with van der Waals surface area (Å²) in [6.45, 7) is 7.95. The smallest absolute Gasteiger partial charge is 0.245 e. The van der Waals surface area contributed by atoms with E-state index in [9.17, 15) is 14.4 Å². The Labute approximate surface area is 223 Å². The molecule has 0 saturated carbocycles. The third kappa shape index (κ3) is 18.6. The lowest BCUT2D eigenvalue weighted by molar-refractivity contribution is -0.139. The molecule has 0 aromatic heterocycles. The van der Waals surface area contributed by atoms with Gasteiger partial charge in [-0.2, -0.15) is 0 Å². The zero-order valence-electron chi connectivity index (χ0n) is 24.5. The summed E-state index contributed by atoms with van der Waals surface area (Å²) in [6, 6.07) is -0.780. The van der Waals surface area contributed by atoms with E-state index in [1.165, 1.54) is 64.2 Å². The van der Waals surface area contributed by atoms with Crippen LogP contribution < -0.4 is 5.32 Å². The first-order chi connectivity index (χ1) is 17.4. The zero-order chi connectivity index (χ0) is 27.0. The number of carbonyl (C=O) groups excluding carboxylic acids is 3. The van der Waals surface area contributed by atoms with Gasteiger partial charge in [0.05, 0.1) is 6.42 Å². The Morgan fingerprint density at radius 1 is 0.583 bits per heavy atom. The van der Waals surface area contributed by atoms with E-state index in [-0.39, 0.29) is 24.1 Å². The van der Waals surface area contributed by atoms with Gasteiger partial charge in [-0.05, 0) is 19.3 Å². The van der Waals surface area contributed by atoms with Crippen LogP contribution in [0.2, 0.25) is 0 Å². The zero-order valence-corrected chi connectivity index (χ0v) is 24.5. The molecular formula is C30H59N3O3. The molecule has 1 atom stereocenters. The highest BCUT2D eigenvalue weighted by Gasteiger charge is 2.27. The van der Waals surface area contributed by atoms with E-state index in [1.807, 2.05) is 7.05 Å². The predicted octanol–water partition coefficient (Wildman–Crippen LogP) is 6.86. The normalized spacial score (nSPS) is 11.8. The topological polar surface area (TPSA) is 69.7 Å². The number of amides is 3. The number of rotatable bonds is 24. The van der Waals surface area contributed by atoms with Crippen molar-refractivity contribution < 1.29 is 14.4 Å². The number of nitrogens with one attached hydrogen (secondary N) is 1. The van der Waals surface area contributed by atoms with Crippen molar-refractivity contribution in [3.8, 4) is 0 Å². The molecule has 0 aromatic rings. The van der Waals surface area contributed by atoms with Crippen LogP contribution in [0.3, 0.4) is 0 Å². The molecule has 0 rings (SSSR count). The van der Waals surface area contributed by atoms with Gasteiger partial charge in [0.1, 0.15) is 6.04 Å². The minimum Gasteiger partial charge on any atom is -0.346 e. The fourth-order valence-electron chi connectivity index (χ4n) is 4.45. The van der Waals surface area contributed by atoms with Crippen LogP contribution in [-0.2, 0) is 14.4 Å². The molecule has 6 heteroatoms. The van der Waals surface area contributed by atoms with Gasteiger partial charge in [0.25, 0.3) is 0 Å². The van der Waals surface area contributed by atoms with Crippen molar-refractivity contribution in [1.29, 1.82) is 0 Å². The summed E-state index contributed by atoms with van der Waals surface area (Å²) >= 11 is 0. The van der Waals surface area contributed by atoms with E-state index in [4.69, 9.17) is 0 Å². The van der Waals surface area contributed by atoms with Crippen molar-refractivity contribution in [2.45, 2.75) is 149 Å². The van der Waals surface area contributed by atoms with Gasteiger partial charge in [0.15, 0.2) is 0 Å². The van der Waals surface area contributed by atoms with Gasteiger partial charge in [0.2, 0.25) is 17.7 Å². The number of nitrogens with zero attached hydrogens (tertiary/aromatic N) is 2. The second kappa shape index (κ2) is 23.8. The molecule has 6 nitrogen and oxygen atoms in total. The van der Waals surface area contributed by atoms with Gasteiger partial charge >= 0.3 is 0 Å². The lowest BCUT2D eigenvalue weighted by atomic mass is 10.1. The van der Waals surface area contributed by atoms with Crippen LogP contribution in [0.4, 0.5) is 0 Å². The Balaban J connectivity index is 4.78. The minimum absolute atomic E-state index is 0.0349. The van der Waals surface area contributed by atoms with E-state index in [0.717, 1.165) is 44.9 Å². The molecule has 0 radical (unpaired) electrons. The van der Waals surface area contributed by atoms with Crippen molar-refractivity contribution in [2.75, 3.05) is 27.2 Å². The molecular weight excluding hydrogens is 450 g/mol. The first-order valence-corrected chi connectivity index (χ1v) is 15.2. The monoisotopic (exact) mass is 509 g/mol. The largest absolute Gasteiger partial charge is 0.346 e. The molecule has 0 spiro atoms. The Hall–Kier alpha value is -1.59. The second-order valence-corrected chi connectivity index (χ2v) is 10.6. The van der Waals surface area contributed by atoms with Gasteiger partial charge in [0, 0.05) is 33.6 Å². The average molecular weight is 510 g/mol. The summed E-state index contributed by atoms with van der Waals surface area (Å²) in [4.78, 5) is 42.2. The molecule has 0 saturated heterocycles. The third-order valence-electron chi connectivity index (χ3n) is 7.02. The number of carbonyl (C=O) groups is 3. The summed E-state index contributed by atoms with van der Waals surface area (Å²) in [7, 11) is 3.60. The molecule has 0 aliphatic heterocycles. The number of likely N-dealkylation sites (N-methyl/N-ethyl adjacent to an activating group) is 1. The fraction of sp³-hybridized carbons (Fsp3) is 0.900. The standard InChI is InChI=1S/C30H59N3O3/c1-6-9-12-15-16-17-20-23-28(34)31-27(30(36)33(5)25-22-19-14-11-8-3)26-29(35)32(4)24-21-18-13-10-7-2/h27H,6-26H2,1-5H3,(H,31,34). The van der Waals surface area contributed by atoms with Crippen LogP contribution in [0.1, 0.15) is 143 Å². The highest BCUT2D eigenvalue weighted by Crippen LogP contribution is 2.11. The van der Waals surface area contributed by atoms with Crippen molar-refractivity contribution in [1.82, 2.24) is 15.1 Å². The highest BCUT2D eigenvalue weighted by atomic mass is 16.2. The van der Waals surface area contributed by atoms with E-state index >= 15 is 0 Å². The van der Waals surface area contributed by atoms with Gasteiger partial charge in [-0.15, -0.1) is 0 Å². The molecule has 0 aliphatic carbocycles. The van der Waals surface area contributed by atoms with Gasteiger partial charge in [-0.25, -0.2) is 0 Å². The second-order valence-electron chi connectivity index (χ2n) is 10.6. The van der Waals surface area contributed by atoms with Crippen LogP contribution in [0, 0.1) is 0 Å².